The lowest BCUT2D eigenvalue weighted by Crippen LogP contribution is -2.26. The molecule has 6 heteroatoms. The third-order valence-electron chi connectivity index (χ3n) is 4.70. The summed E-state index contributed by atoms with van der Waals surface area (Å²) in [7, 11) is 0. The lowest BCUT2D eigenvalue weighted by Gasteiger charge is -2.28. The van der Waals surface area contributed by atoms with Gasteiger partial charge in [-0.25, -0.2) is 4.98 Å². The molecule has 1 aromatic carbocycles. The molecular formula is C21H22N2OS3. The first-order chi connectivity index (χ1) is 12.9. The Labute approximate surface area is 171 Å². The summed E-state index contributed by atoms with van der Waals surface area (Å²) in [5.74, 6) is 1.68. The molecule has 0 spiro atoms. The molecule has 0 N–H and O–H groups in total. The van der Waals surface area contributed by atoms with Gasteiger partial charge >= 0.3 is 0 Å². The molecule has 2 aromatic heterocycles. The first kappa shape index (κ1) is 18.8. The molecule has 0 atom stereocenters. The van der Waals surface area contributed by atoms with Gasteiger partial charge in [0.05, 0.1) is 11.1 Å². The summed E-state index contributed by atoms with van der Waals surface area (Å²) in [4.78, 5) is 20.7. The molecular weight excluding hydrogens is 392 g/mol. The molecule has 3 heterocycles. The molecule has 0 fully saturated rings. The molecule has 27 heavy (non-hydrogen) atoms. The number of nitrogens with zero attached hydrogens (tertiary/aromatic N) is 2. The second-order valence-electron chi connectivity index (χ2n) is 7.38. The van der Waals surface area contributed by atoms with E-state index in [9.17, 15) is 4.79 Å². The molecule has 0 unspecified atom stereocenters. The summed E-state index contributed by atoms with van der Waals surface area (Å²) < 4.78 is 1.93. The quantitative estimate of drug-likeness (QED) is 0.316. The Hall–Kier alpha value is -1.50. The van der Waals surface area contributed by atoms with Crippen molar-refractivity contribution in [1.82, 2.24) is 9.55 Å². The third-order valence-corrected chi connectivity index (χ3v) is 8.30. The molecule has 1 aliphatic heterocycles. The van der Waals surface area contributed by atoms with E-state index in [0.29, 0.717) is 0 Å². The van der Waals surface area contributed by atoms with Crippen LogP contribution < -0.4 is 5.56 Å². The number of aryl methyl sites for hydroxylation is 1. The van der Waals surface area contributed by atoms with E-state index in [2.05, 4.69) is 27.4 Å². The summed E-state index contributed by atoms with van der Waals surface area (Å²) in [5.41, 5.74) is 3.30. The van der Waals surface area contributed by atoms with Crippen molar-refractivity contribution >= 4 is 45.1 Å². The van der Waals surface area contributed by atoms with Crippen LogP contribution in [0.5, 0.6) is 0 Å². The first-order valence-electron chi connectivity index (χ1n) is 8.91. The summed E-state index contributed by atoms with van der Waals surface area (Å²) in [6.07, 6.45) is 2.76. The van der Waals surface area contributed by atoms with E-state index in [4.69, 9.17) is 4.98 Å². The van der Waals surface area contributed by atoms with Crippen molar-refractivity contribution in [1.29, 1.82) is 0 Å². The van der Waals surface area contributed by atoms with E-state index in [1.807, 2.05) is 42.1 Å². The average molecular weight is 415 g/mol. The largest absolute Gasteiger partial charge is 0.268 e. The Morgan fingerprint density at radius 2 is 2.07 bits per heavy atom. The van der Waals surface area contributed by atoms with Gasteiger partial charge in [-0.15, -0.1) is 29.7 Å². The molecule has 0 aliphatic carbocycles. The first-order valence-corrected chi connectivity index (χ1v) is 11.7. The van der Waals surface area contributed by atoms with Gasteiger partial charge in [0.2, 0.25) is 0 Å². The highest BCUT2D eigenvalue weighted by molar-refractivity contribution is 8.00. The Morgan fingerprint density at radius 1 is 1.33 bits per heavy atom. The van der Waals surface area contributed by atoms with Crippen LogP contribution >= 0.6 is 34.9 Å². The van der Waals surface area contributed by atoms with Crippen molar-refractivity contribution in [3.63, 3.8) is 0 Å². The van der Waals surface area contributed by atoms with Gasteiger partial charge in [0.1, 0.15) is 4.83 Å². The summed E-state index contributed by atoms with van der Waals surface area (Å²) in [6, 6.07) is 8.08. The van der Waals surface area contributed by atoms with Crippen LogP contribution in [0.25, 0.3) is 15.9 Å². The Morgan fingerprint density at radius 3 is 2.78 bits per heavy atom. The maximum atomic E-state index is 13.6. The predicted molar refractivity (Wildman–Crippen MR) is 120 cm³/mol. The smallest absolute Gasteiger partial charge is 0.267 e. The molecule has 0 bridgehead atoms. The Kier molecular flexibility index (Phi) is 4.99. The Balaban J connectivity index is 1.99. The van der Waals surface area contributed by atoms with E-state index < -0.39 is 0 Å². The summed E-state index contributed by atoms with van der Waals surface area (Å²) >= 11 is 5.20. The van der Waals surface area contributed by atoms with Crippen molar-refractivity contribution in [2.75, 3.05) is 5.75 Å². The van der Waals surface area contributed by atoms with Gasteiger partial charge in [-0.05, 0) is 31.0 Å². The molecule has 0 saturated carbocycles. The molecule has 3 nitrogen and oxygen atoms in total. The predicted octanol–water partition coefficient (Wildman–Crippen LogP) is 5.60. The molecule has 140 valence electrons. The fourth-order valence-electron chi connectivity index (χ4n) is 3.33. The lowest BCUT2D eigenvalue weighted by atomic mass is 10.00. The van der Waals surface area contributed by atoms with E-state index in [1.54, 1.807) is 27.7 Å². The van der Waals surface area contributed by atoms with Crippen LogP contribution in [-0.2, 0) is 12.2 Å². The minimum Gasteiger partial charge on any atom is -0.268 e. The number of thioether (sulfide) groups is 2. The molecule has 0 radical (unpaired) electrons. The van der Waals surface area contributed by atoms with Gasteiger partial charge in [0.15, 0.2) is 5.16 Å². The van der Waals surface area contributed by atoms with Gasteiger partial charge in [-0.1, -0.05) is 49.4 Å². The van der Waals surface area contributed by atoms with Gasteiger partial charge < -0.3 is 0 Å². The van der Waals surface area contributed by atoms with E-state index >= 15 is 0 Å². The zero-order valence-electron chi connectivity index (χ0n) is 15.7. The monoisotopic (exact) mass is 414 g/mol. The maximum Gasteiger partial charge on any atom is 0.267 e. The van der Waals surface area contributed by atoms with Crippen LogP contribution in [0.15, 0.2) is 46.9 Å². The number of fused-ring (bicyclic) bond motifs is 3. The number of rotatable bonds is 4. The highest BCUT2D eigenvalue weighted by Gasteiger charge is 2.31. The summed E-state index contributed by atoms with van der Waals surface area (Å²) in [6.45, 7) is 10.4. The number of benzene rings is 1. The van der Waals surface area contributed by atoms with Gasteiger partial charge in [-0.3, -0.25) is 9.36 Å². The van der Waals surface area contributed by atoms with E-state index in [-0.39, 0.29) is 10.3 Å². The second kappa shape index (κ2) is 7.15. The highest BCUT2D eigenvalue weighted by Crippen LogP contribution is 2.44. The standard InChI is InChI=1S/C21H22N2OS3/c1-5-10-25-20-22-18-17(15-11-21(3,4)26-12-16(15)27-18)19(24)23(20)14-8-6-13(2)7-9-14/h5-9H,1,10-12H2,2-4H3. The molecule has 1 aliphatic rings. The Bertz CT molecular complexity index is 1080. The van der Waals surface area contributed by atoms with E-state index in [0.717, 1.165) is 39.0 Å². The fraction of sp³-hybridized carbons (Fsp3) is 0.333. The van der Waals surface area contributed by atoms with Crippen molar-refractivity contribution in [3.8, 4) is 5.69 Å². The fourth-order valence-corrected chi connectivity index (χ4v) is 6.45. The number of thiophene rings is 1. The molecule has 4 rings (SSSR count). The maximum absolute atomic E-state index is 13.6. The second-order valence-corrected chi connectivity index (χ2v) is 11.1. The average Bonchev–Trinajstić information content (AvgIpc) is 2.97. The summed E-state index contributed by atoms with van der Waals surface area (Å²) in [5, 5.41) is 1.55. The van der Waals surface area contributed by atoms with Gasteiger partial charge in [0, 0.05) is 21.1 Å². The van der Waals surface area contributed by atoms with Gasteiger partial charge in [0.25, 0.3) is 5.56 Å². The number of hydrogen-bond acceptors (Lipinski definition) is 5. The minimum atomic E-state index is 0.0515. The van der Waals surface area contributed by atoms with Crippen LogP contribution in [0.3, 0.4) is 0 Å². The van der Waals surface area contributed by atoms with Crippen LogP contribution in [0.1, 0.15) is 29.9 Å². The third kappa shape index (κ3) is 3.50. The van der Waals surface area contributed by atoms with Crippen LogP contribution in [-0.4, -0.2) is 20.1 Å². The van der Waals surface area contributed by atoms with Crippen LogP contribution in [0.4, 0.5) is 0 Å². The van der Waals surface area contributed by atoms with Crippen LogP contribution in [0, 0.1) is 6.92 Å². The van der Waals surface area contributed by atoms with Crippen molar-refractivity contribution in [2.24, 2.45) is 0 Å². The molecule has 3 aromatic rings. The SMILES string of the molecule is C=CCSc1nc2sc3c(c2c(=O)n1-c1ccc(C)cc1)CC(C)(C)SC3. The van der Waals surface area contributed by atoms with Crippen molar-refractivity contribution < 1.29 is 0 Å². The minimum absolute atomic E-state index is 0.0515. The molecule has 0 amide bonds. The lowest BCUT2D eigenvalue weighted by molar-refractivity contribution is 0.698. The number of aromatic nitrogens is 2. The zero-order chi connectivity index (χ0) is 19.2. The normalized spacial score (nSPS) is 15.7. The zero-order valence-corrected chi connectivity index (χ0v) is 18.2. The number of hydrogen-bond donors (Lipinski definition) is 0. The van der Waals surface area contributed by atoms with E-state index in [1.165, 1.54) is 16.0 Å². The van der Waals surface area contributed by atoms with Crippen LogP contribution in [0.2, 0.25) is 0 Å². The molecule has 0 saturated heterocycles. The van der Waals surface area contributed by atoms with Crippen molar-refractivity contribution in [3.05, 3.63) is 63.3 Å². The topological polar surface area (TPSA) is 34.9 Å². The van der Waals surface area contributed by atoms with Gasteiger partial charge in [-0.2, -0.15) is 0 Å². The van der Waals surface area contributed by atoms with Crippen molar-refractivity contribution in [2.45, 2.75) is 42.8 Å². The highest BCUT2D eigenvalue weighted by atomic mass is 32.2.